The molecule has 5 nitrogen and oxygen atoms in total. The van der Waals surface area contributed by atoms with Gasteiger partial charge in [-0.25, -0.2) is 8.42 Å². The molecule has 1 unspecified atom stereocenters. The topological polar surface area (TPSA) is 63.7 Å². The first-order valence-electron chi connectivity index (χ1n) is 7.07. The van der Waals surface area contributed by atoms with Crippen molar-refractivity contribution in [3.05, 3.63) is 29.8 Å². The lowest BCUT2D eigenvalue weighted by Gasteiger charge is -2.26. The molecule has 0 spiro atoms. The fraction of sp³-hybridized carbons (Fsp3) is 0.533. The van der Waals surface area contributed by atoms with E-state index in [1.54, 1.807) is 11.8 Å². The van der Waals surface area contributed by atoms with Gasteiger partial charge in [0.15, 0.2) is 16.4 Å². The summed E-state index contributed by atoms with van der Waals surface area (Å²) in [5, 5.41) is 0. The first-order valence-corrected chi connectivity index (χ1v) is 8.89. The predicted octanol–water partition coefficient (Wildman–Crippen LogP) is 1.41. The highest BCUT2D eigenvalue weighted by Gasteiger charge is 2.28. The number of nitrogens with zero attached hydrogens (tertiary/aromatic N) is 1. The minimum Gasteiger partial charge on any atom is -0.484 e. The minimum atomic E-state index is -3.04. The smallest absolute Gasteiger partial charge is 0.260 e. The fourth-order valence-electron chi connectivity index (χ4n) is 2.45. The molecule has 0 N–H and O–H groups in total. The van der Waals surface area contributed by atoms with Gasteiger partial charge in [0.05, 0.1) is 11.5 Å². The number of benzene rings is 1. The lowest BCUT2D eigenvalue weighted by atomic mass is 10.2. The third-order valence-electron chi connectivity index (χ3n) is 3.59. The summed E-state index contributed by atoms with van der Waals surface area (Å²) in [5.74, 6) is 0.660. The van der Waals surface area contributed by atoms with Crippen LogP contribution < -0.4 is 4.74 Å². The summed E-state index contributed by atoms with van der Waals surface area (Å²) in [6.07, 6.45) is 0.489. The largest absolute Gasteiger partial charge is 0.484 e. The quantitative estimate of drug-likeness (QED) is 0.846. The summed E-state index contributed by atoms with van der Waals surface area (Å²) in [7, 11) is -3.04. The highest BCUT2D eigenvalue weighted by atomic mass is 32.2. The molecule has 1 amide bonds. The molecule has 0 saturated carbocycles. The molecule has 21 heavy (non-hydrogen) atoms. The lowest BCUT2D eigenvalue weighted by Crippen LogP contribution is -2.43. The molecule has 1 aromatic carbocycles. The van der Waals surface area contributed by atoms with Crippen LogP contribution in [-0.4, -0.2) is 49.9 Å². The molecule has 2 rings (SSSR count). The van der Waals surface area contributed by atoms with Crippen molar-refractivity contribution in [2.75, 3.05) is 24.7 Å². The molecule has 1 aromatic rings. The van der Waals surface area contributed by atoms with E-state index in [1.807, 2.05) is 31.2 Å². The average molecular weight is 311 g/mol. The Morgan fingerprint density at radius 2 is 2.00 bits per heavy atom. The zero-order valence-corrected chi connectivity index (χ0v) is 13.2. The van der Waals surface area contributed by atoms with Crippen LogP contribution in [0, 0.1) is 6.92 Å². The van der Waals surface area contributed by atoms with Crippen LogP contribution in [-0.2, 0) is 14.6 Å². The van der Waals surface area contributed by atoms with Crippen molar-refractivity contribution >= 4 is 15.7 Å². The highest BCUT2D eigenvalue weighted by Crippen LogP contribution is 2.14. The maximum Gasteiger partial charge on any atom is 0.260 e. The number of carbonyl (C=O) groups is 1. The number of hydrogen-bond donors (Lipinski definition) is 0. The Morgan fingerprint density at radius 1 is 1.33 bits per heavy atom. The SMILES string of the molecule is Cc1ccc(OCC(=O)N2CCCS(=O)(=O)CC2C)cc1. The maximum atomic E-state index is 12.2. The fourth-order valence-corrected chi connectivity index (χ4v) is 4.10. The van der Waals surface area contributed by atoms with E-state index in [0.29, 0.717) is 18.7 Å². The molecule has 0 bridgehead atoms. The Bertz CT molecular complexity index is 595. The number of carbonyl (C=O) groups excluding carboxylic acids is 1. The van der Waals surface area contributed by atoms with Crippen LogP contribution in [0.5, 0.6) is 5.75 Å². The Morgan fingerprint density at radius 3 is 2.67 bits per heavy atom. The van der Waals surface area contributed by atoms with Gasteiger partial charge in [0.2, 0.25) is 0 Å². The average Bonchev–Trinajstić information content (AvgIpc) is 2.55. The van der Waals surface area contributed by atoms with Crippen LogP contribution in [0.4, 0.5) is 0 Å². The molecular formula is C15H21NO4S. The van der Waals surface area contributed by atoms with E-state index in [1.165, 1.54) is 0 Å². The maximum absolute atomic E-state index is 12.2. The van der Waals surface area contributed by atoms with E-state index in [4.69, 9.17) is 4.74 Å². The molecule has 1 fully saturated rings. The summed E-state index contributed by atoms with van der Waals surface area (Å²) < 4.78 is 28.9. The molecule has 0 aliphatic carbocycles. The van der Waals surface area contributed by atoms with E-state index < -0.39 is 9.84 Å². The summed E-state index contributed by atoms with van der Waals surface area (Å²) in [6, 6.07) is 7.17. The molecule has 1 aliphatic heterocycles. The van der Waals surface area contributed by atoms with E-state index in [9.17, 15) is 13.2 Å². The molecular weight excluding hydrogens is 290 g/mol. The molecule has 116 valence electrons. The van der Waals surface area contributed by atoms with Crippen molar-refractivity contribution < 1.29 is 17.9 Å². The molecule has 1 atom stereocenters. The van der Waals surface area contributed by atoms with Crippen molar-refractivity contribution in [1.29, 1.82) is 0 Å². The molecule has 1 saturated heterocycles. The normalized spacial score (nSPS) is 21.6. The van der Waals surface area contributed by atoms with Gasteiger partial charge < -0.3 is 9.64 Å². The summed E-state index contributed by atoms with van der Waals surface area (Å²) in [6.45, 7) is 4.16. The second-order valence-electron chi connectivity index (χ2n) is 5.51. The van der Waals surface area contributed by atoms with Gasteiger partial charge in [-0.3, -0.25) is 4.79 Å². The summed E-state index contributed by atoms with van der Waals surface area (Å²) in [4.78, 5) is 13.8. The molecule has 0 aromatic heterocycles. The van der Waals surface area contributed by atoms with Gasteiger partial charge in [-0.15, -0.1) is 0 Å². The number of ether oxygens (including phenoxy) is 1. The third-order valence-corrected chi connectivity index (χ3v) is 5.49. The van der Waals surface area contributed by atoms with Crippen LogP contribution in [0.3, 0.4) is 0 Å². The van der Waals surface area contributed by atoms with Gasteiger partial charge in [-0.2, -0.15) is 0 Å². The highest BCUT2D eigenvalue weighted by molar-refractivity contribution is 7.91. The second kappa shape index (κ2) is 6.47. The van der Waals surface area contributed by atoms with Gasteiger partial charge in [0.25, 0.3) is 5.91 Å². The third kappa shape index (κ3) is 4.46. The van der Waals surface area contributed by atoms with Crippen molar-refractivity contribution in [2.24, 2.45) is 0 Å². The number of amides is 1. The van der Waals surface area contributed by atoms with Crippen molar-refractivity contribution in [1.82, 2.24) is 4.90 Å². The first kappa shape index (κ1) is 15.8. The summed E-state index contributed by atoms with van der Waals surface area (Å²) in [5.41, 5.74) is 1.13. The molecule has 6 heteroatoms. The molecule has 0 radical (unpaired) electrons. The molecule has 1 aliphatic rings. The standard InChI is InChI=1S/C15H21NO4S/c1-12-4-6-14(7-5-12)20-10-15(17)16-8-3-9-21(18,19)11-13(16)2/h4-7,13H,3,8-11H2,1-2H3. The van der Waals surface area contributed by atoms with Crippen LogP contribution in [0.15, 0.2) is 24.3 Å². The lowest BCUT2D eigenvalue weighted by molar-refractivity contribution is -0.134. The van der Waals surface area contributed by atoms with Crippen molar-refractivity contribution in [3.8, 4) is 5.75 Å². The van der Waals surface area contributed by atoms with Gasteiger partial charge >= 0.3 is 0 Å². The number of sulfone groups is 1. The zero-order chi connectivity index (χ0) is 15.5. The van der Waals surface area contributed by atoms with Crippen molar-refractivity contribution in [2.45, 2.75) is 26.3 Å². The Kier molecular flexibility index (Phi) is 4.88. The first-order chi connectivity index (χ1) is 9.87. The van der Waals surface area contributed by atoms with Crippen LogP contribution in [0.25, 0.3) is 0 Å². The van der Waals surface area contributed by atoms with Crippen LogP contribution in [0.2, 0.25) is 0 Å². The monoisotopic (exact) mass is 311 g/mol. The summed E-state index contributed by atoms with van der Waals surface area (Å²) >= 11 is 0. The van der Waals surface area contributed by atoms with Gasteiger partial charge in [0, 0.05) is 12.6 Å². The number of hydrogen-bond acceptors (Lipinski definition) is 4. The molecule has 1 heterocycles. The van der Waals surface area contributed by atoms with Gasteiger partial charge in [0.1, 0.15) is 5.75 Å². The Labute approximate surface area is 125 Å². The second-order valence-corrected chi connectivity index (χ2v) is 7.73. The van der Waals surface area contributed by atoms with Gasteiger partial charge in [-0.05, 0) is 32.4 Å². The van der Waals surface area contributed by atoms with E-state index in [0.717, 1.165) is 5.56 Å². The predicted molar refractivity (Wildman–Crippen MR) is 81.1 cm³/mol. The van der Waals surface area contributed by atoms with Crippen molar-refractivity contribution in [3.63, 3.8) is 0 Å². The van der Waals surface area contributed by atoms with E-state index in [2.05, 4.69) is 0 Å². The number of aryl methyl sites for hydroxylation is 1. The van der Waals surface area contributed by atoms with E-state index >= 15 is 0 Å². The Balaban J connectivity index is 1.94. The van der Waals surface area contributed by atoms with E-state index in [-0.39, 0.29) is 30.1 Å². The minimum absolute atomic E-state index is 0.0310. The van der Waals surface area contributed by atoms with Gasteiger partial charge in [-0.1, -0.05) is 17.7 Å². The zero-order valence-electron chi connectivity index (χ0n) is 12.4. The van der Waals surface area contributed by atoms with Crippen LogP contribution in [0.1, 0.15) is 18.9 Å². The number of rotatable bonds is 3. The Hall–Kier alpha value is -1.56. The van der Waals surface area contributed by atoms with Crippen LogP contribution >= 0.6 is 0 Å².